The van der Waals surface area contributed by atoms with Gasteiger partial charge in [-0.15, -0.1) is 0 Å². The monoisotopic (exact) mass is 413 g/mol. The predicted octanol–water partition coefficient (Wildman–Crippen LogP) is 4.12. The number of thioether (sulfide) groups is 2. The number of aromatic amines is 1. The number of hydrogen-bond donors (Lipinski definition) is 2. The molecule has 0 saturated heterocycles. The Labute approximate surface area is 171 Å². The van der Waals surface area contributed by atoms with E-state index in [9.17, 15) is 9.59 Å². The third-order valence-corrected chi connectivity index (χ3v) is 5.75. The molecule has 0 aliphatic carbocycles. The third-order valence-electron chi connectivity index (χ3n) is 3.68. The summed E-state index contributed by atoms with van der Waals surface area (Å²) in [7, 11) is 3.39. The first-order valence-corrected chi connectivity index (χ1v) is 10.2. The van der Waals surface area contributed by atoms with Gasteiger partial charge in [-0.3, -0.25) is 14.7 Å². The molecule has 0 fully saturated rings. The molecule has 2 N–H and O–H groups in total. The topological polar surface area (TPSA) is 91.0 Å². The second-order valence-corrected chi connectivity index (χ2v) is 7.95. The number of amides is 2. The fourth-order valence-electron chi connectivity index (χ4n) is 2.21. The Hall–Kier alpha value is -2.78. The van der Waals surface area contributed by atoms with Crippen molar-refractivity contribution < 1.29 is 9.59 Å². The first-order chi connectivity index (χ1) is 13.5. The summed E-state index contributed by atoms with van der Waals surface area (Å²) >= 11 is 2.62. The van der Waals surface area contributed by atoms with Gasteiger partial charge in [0.2, 0.25) is 0 Å². The van der Waals surface area contributed by atoms with E-state index in [0.717, 1.165) is 28.2 Å². The highest BCUT2D eigenvalue weighted by molar-refractivity contribution is 8.13. The summed E-state index contributed by atoms with van der Waals surface area (Å²) in [6, 6.07) is 14.6. The number of nitrogens with zero attached hydrogens (tertiary/aromatic N) is 3. The summed E-state index contributed by atoms with van der Waals surface area (Å²) in [5.41, 5.74) is 2.23. The van der Waals surface area contributed by atoms with E-state index < -0.39 is 0 Å². The van der Waals surface area contributed by atoms with Crippen LogP contribution in [0.15, 0.2) is 64.9 Å². The van der Waals surface area contributed by atoms with Crippen molar-refractivity contribution in [3.63, 3.8) is 0 Å². The van der Waals surface area contributed by atoms with Crippen molar-refractivity contribution in [2.45, 2.75) is 15.8 Å². The molecule has 0 atom stereocenters. The largest absolute Gasteiger partial charge is 0.339 e. The predicted molar refractivity (Wildman–Crippen MR) is 112 cm³/mol. The Morgan fingerprint density at radius 3 is 2.54 bits per heavy atom. The minimum absolute atomic E-state index is 0.102. The van der Waals surface area contributed by atoms with Crippen LogP contribution < -0.4 is 5.32 Å². The van der Waals surface area contributed by atoms with Crippen LogP contribution in [0.3, 0.4) is 0 Å². The lowest BCUT2D eigenvalue weighted by Crippen LogP contribution is -2.17. The molecule has 144 valence electrons. The summed E-state index contributed by atoms with van der Waals surface area (Å²) < 4.78 is 0. The lowest BCUT2D eigenvalue weighted by atomic mass is 10.1. The zero-order valence-corrected chi connectivity index (χ0v) is 17.0. The van der Waals surface area contributed by atoms with E-state index in [1.54, 1.807) is 32.3 Å². The number of anilines is 1. The third kappa shape index (κ3) is 5.37. The summed E-state index contributed by atoms with van der Waals surface area (Å²) in [5, 5.41) is 10.1. The number of carbonyl (C=O) groups excluding carboxylic acids is 2. The number of hydrogen-bond acceptors (Lipinski definition) is 6. The molecule has 0 bridgehead atoms. The maximum atomic E-state index is 12.6. The standard InChI is InChI=1S/C19H19N5O2S2/c1-24(2)19(26)28-16-6-4-3-5-15(16)22-17(25)14-9-7-13(8-10-14)11-27-18-20-12-21-23-18/h3-10,12H,11H2,1-2H3,(H,22,25)(H,20,21,23). The van der Waals surface area contributed by atoms with Crippen LogP contribution in [0.25, 0.3) is 0 Å². The van der Waals surface area contributed by atoms with Gasteiger partial charge in [-0.1, -0.05) is 36.0 Å². The highest BCUT2D eigenvalue weighted by Gasteiger charge is 2.13. The fourth-order valence-corrected chi connectivity index (χ4v) is 3.69. The van der Waals surface area contributed by atoms with Crippen molar-refractivity contribution in [1.29, 1.82) is 0 Å². The number of rotatable bonds is 6. The lowest BCUT2D eigenvalue weighted by Gasteiger charge is -2.13. The van der Waals surface area contributed by atoms with E-state index >= 15 is 0 Å². The Balaban J connectivity index is 1.64. The van der Waals surface area contributed by atoms with Crippen molar-refractivity contribution in [1.82, 2.24) is 20.1 Å². The van der Waals surface area contributed by atoms with Gasteiger partial charge >= 0.3 is 0 Å². The van der Waals surface area contributed by atoms with Crippen LogP contribution in [0.2, 0.25) is 0 Å². The molecule has 1 heterocycles. The maximum Gasteiger partial charge on any atom is 0.286 e. The quantitative estimate of drug-likeness (QED) is 0.591. The van der Waals surface area contributed by atoms with Crippen LogP contribution in [0.4, 0.5) is 10.5 Å². The normalized spacial score (nSPS) is 10.5. The Morgan fingerprint density at radius 2 is 1.86 bits per heavy atom. The summed E-state index contributed by atoms with van der Waals surface area (Å²) in [6.07, 6.45) is 1.47. The molecule has 2 aromatic carbocycles. The number of benzene rings is 2. The Morgan fingerprint density at radius 1 is 1.11 bits per heavy atom. The van der Waals surface area contributed by atoms with Gasteiger partial charge in [-0.2, -0.15) is 5.10 Å². The molecule has 0 spiro atoms. The van der Waals surface area contributed by atoms with E-state index in [0.29, 0.717) is 16.1 Å². The maximum absolute atomic E-state index is 12.6. The minimum atomic E-state index is -0.222. The van der Waals surface area contributed by atoms with Crippen LogP contribution in [-0.2, 0) is 5.75 Å². The van der Waals surface area contributed by atoms with E-state index in [2.05, 4.69) is 20.5 Å². The average molecular weight is 414 g/mol. The molecule has 0 aliphatic heterocycles. The van der Waals surface area contributed by atoms with Crippen molar-refractivity contribution in [3.8, 4) is 0 Å². The second-order valence-electron chi connectivity index (χ2n) is 5.99. The molecule has 7 nitrogen and oxygen atoms in total. The molecule has 3 aromatic rings. The summed E-state index contributed by atoms with van der Waals surface area (Å²) in [4.78, 5) is 30.8. The van der Waals surface area contributed by atoms with E-state index in [1.165, 1.54) is 23.0 Å². The van der Waals surface area contributed by atoms with Gasteiger partial charge in [-0.05, 0) is 41.6 Å². The number of carbonyl (C=O) groups is 2. The molecule has 0 aliphatic rings. The molecule has 1 aromatic heterocycles. The molecular weight excluding hydrogens is 394 g/mol. The summed E-state index contributed by atoms with van der Waals surface area (Å²) in [6.45, 7) is 0. The fraction of sp³-hybridized carbons (Fsp3) is 0.158. The van der Waals surface area contributed by atoms with Gasteiger partial charge in [0.15, 0.2) is 5.16 Å². The van der Waals surface area contributed by atoms with Gasteiger partial charge < -0.3 is 10.2 Å². The Bertz CT molecular complexity index is 943. The molecular formula is C19H19N5O2S2. The lowest BCUT2D eigenvalue weighted by molar-refractivity contribution is 0.102. The zero-order valence-electron chi connectivity index (χ0n) is 15.4. The van der Waals surface area contributed by atoms with Gasteiger partial charge in [0.1, 0.15) is 6.33 Å². The first-order valence-electron chi connectivity index (χ1n) is 8.39. The highest BCUT2D eigenvalue weighted by atomic mass is 32.2. The smallest absolute Gasteiger partial charge is 0.286 e. The first kappa shape index (κ1) is 20.0. The van der Waals surface area contributed by atoms with Crippen LogP contribution in [0, 0.1) is 0 Å². The van der Waals surface area contributed by atoms with E-state index in [1.807, 2.05) is 30.3 Å². The molecule has 0 saturated carbocycles. The van der Waals surface area contributed by atoms with Crippen LogP contribution in [0.5, 0.6) is 0 Å². The van der Waals surface area contributed by atoms with Gasteiger partial charge in [-0.25, -0.2) is 4.98 Å². The number of aromatic nitrogens is 3. The molecule has 0 radical (unpaired) electrons. The average Bonchev–Trinajstić information content (AvgIpc) is 3.22. The van der Waals surface area contributed by atoms with E-state index in [4.69, 9.17) is 0 Å². The molecule has 2 amide bonds. The van der Waals surface area contributed by atoms with Crippen LogP contribution >= 0.6 is 23.5 Å². The summed E-state index contributed by atoms with van der Waals surface area (Å²) in [5.74, 6) is 0.503. The SMILES string of the molecule is CN(C)C(=O)Sc1ccccc1NC(=O)c1ccc(CSc2ncn[nH]2)cc1. The number of para-hydroxylation sites is 1. The van der Waals surface area contributed by atoms with Crippen molar-refractivity contribution >= 4 is 40.4 Å². The second kappa shape index (κ2) is 9.43. The molecule has 0 unspecified atom stereocenters. The zero-order chi connectivity index (χ0) is 19.9. The van der Waals surface area contributed by atoms with Crippen molar-refractivity contribution in [2.75, 3.05) is 19.4 Å². The molecule has 28 heavy (non-hydrogen) atoms. The van der Waals surface area contributed by atoms with Gasteiger partial charge in [0.05, 0.1) is 5.69 Å². The number of nitrogens with one attached hydrogen (secondary N) is 2. The highest BCUT2D eigenvalue weighted by Crippen LogP contribution is 2.29. The molecule has 3 rings (SSSR count). The van der Waals surface area contributed by atoms with Gasteiger partial charge in [0, 0.05) is 30.3 Å². The van der Waals surface area contributed by atoms with Crippen LogP contribution in [-0.4, -0.2) is 45.3 Å². The van der Waals surface area contributed by atoms with Gasteiger partial charge in [0.25, 0.3) is 11.1 Å². The van der Waals surface area contributed by atoms with Crippen molar-refractivity contribution in [2.24, 2.45) is 0 Å². The number of H-pyrrole nitrogens is 1. The van der Waals surface area contributed by atoms with E-state index in [-0.39, 0.29) is 11.1 Å². The van der Waals surface area contributed by atoms with Crippen LogP contribution in [0.1, 0.15) is 15.9 Å². The molecule has 9 heteroatoms. The van der Waals surface area contributed by atoms with Crippen molar-refractivity contribution in [3.05, 3.63) is 66.0 Å². The minimum Gasteiger partial charge on any atom is -0.339 e. The Kier molecular flexibility index (Phi) is 6.72.